The van der Waals surface area contributed by atoms with Gasteiger partial charge in [0.05, 0.1) is 11.5 Å². The van der Waals surface area contributed by atoms with Gasteiger partial charge in [0.25, 0.3) is 0 Å². The van der Waals surface area contributed by atoms with Crippen LogP contribution in [0.2, 0.25) is 0 Å². The summed E-state index contributed by atoms with van der Waals surface area (Å²) in [5.74, 6) is 0. The maximum atomic E-state index is 9.10. The average Bonchev–Trinajstić information content (AvgIpc) is 3.10. The molecule has 84 valence electrons. The SMILES string of the molecule is CCCc1ccc(C(N)C2(C#N)CC2)cc1. The first kappa shape index (κ1) is 11.2. The molecule has 1 saturated carbocycles. The predicted molar refractivity (Wildman–Crippen MR) is 64.6 cm³/mol. The normalized spacial score (nSPS) is 18.8. The summed E-state index contributed by atoms with van der Waals surface area (Å²) in [6.45, 7) is 2.18. The predicted octanol–water partition coefficient (Wildman–Crippen LogP) is 2.94. The molecule has 0 spiro atoms. The van der Waals surface area contributed by atoms with E-state index in [1.807, 2.05) is 0 Å². The number of nitriles is 1. The zero-order valence-electron chi connectivity index (χ0n) is 9.74. The third-order valence-corrected chi connectivity index (χ3v) is 3.48. The highest BCUT2D eigenvalue weighted by molar-refractivity contribution is 5.30. The van der Waals surface area contributed by atoms with Gasteiger partial charge in [-0.15, -0.1) is 0 Å². The van der Waals surface area contributed by atoms with E-state index in [1.54, 1.807) is 0 Å². The molecule has 1 atom stereocenters. The summed E-state index contributed by atoms with van der Waals surface area (Å²) in [6, 6.07) is 10.7. The van der Waals surface area contributed by atoms with Crippen molar-refractivity contribution in [3.05, 3.63) is 35.4 Å². The molecule has 1 aliphatic carbocycles. The highest BCUT2D eigenvalue weighted by atomic mass is 14.7. The number of nitrogens with zero attached hydrogens (tertiary/aromatic N) is 1. The fourth-order valence-electron chi connectivity index (χ4n) is 2.13. The Hall–Kier alpha value is -1.33. The molecule has 2 rings (SSSR count). The van der Waals surface area contributed by atoms with Gasteiger partial charge in [-0.1, -0.05) is 37.6 Å². The van der Waals surface area contributed by atoms with E-state index >= 15 is 0 Å². The molecule has 0 heterocycles. The molecule has 1 fully saturated rings. The minimum atomic E-state index is -0.272. The quantitative estimate of drug-likeness (QED) is 0.837. The minimum absolute atomic E-state index is 0.117. The number of aryl methyl sites for hydroxylation is 1. The Morgan fingerprint density at radius 3 is 2.44 bits per heavy atom. The standard InChI is InChI=1S/C14H18N2/c1-2-3-11-4-6-12(7-5-11)13(16)14(10-15)8-9-14/h4-7,13H,2-3,8-9,16H2,1H3. The van der Waals surface area contributed by atoms with Crippen molar-refractivity contribution in [1.82, 2.24) is 0 Å². The summed E-state index contributed by atoms with van der Waals surface area (Å²) in [5.41, 5.74) is 8.32. The van der Waals surface area contributed by atoms with Crippen LogP contribution in [0.25, 0.3) is 0 Å². The molecule has 0 amide bonds. The van der Waals surface area contributed by atoms with Crippen molar-refractivity contribution in [3.8, 4) is 6.07 Å². The van der Waals surface area contributed by atoms with Crippen LogP contribution in [0.1, 0.15) is 43.4 Å². The lowest BCUT2D eigenvalue weighted by atomic mass is 9.91. The van der Waals surface area contributed by atoms with Crippen LogP contribution in [0.4, 0.5) is 0 Å². The first-order valence-corrected chi connectivity index (χ1v) is 5.97. The summed E-state index contributed by atoms with van der Waals surface area (Å²) in [7, 11) is 0. The summed E-state index contributed by atoms with van der Waals surface area (Å²) in [4.78, 5) is 0. The fraction of sp³-hybridized carbons (Fsp3) is 0.500. The van der Waals surface area contributed by atoms with E-state index in [0.717, 1.165) is 31.2 Å². The topological polar surface area (TPSA) is 49.8 Å². The number of hydrogen-bond donors (Lipinski definition) is 1. The highest BCUT2D eigenvalue weighted by Crippen LogP contribution is 2.53. The van der Waals surface area contributed by atoms with E-state index < -0.39 is 0 Å². The molecule has 1 aliphatic rings. The van der Waals surface area contributed by atoms with Crippen molar-refractivity contribution in [2.75, 3.05) is 0 Å². The first-order chi connectivity index (χ1) is 7.72. The van der Waals surface area contributed by atoms with Crippen LogP contribution in [-0.4, -0.2) is 0 Å². The van der Waals surface area contributed by atoms with Gasteiger partial charge < -0.3 is 5.73 Å². The van der Waals surface area contributed by atoms with Crippen LogP contribution in [0.3, 0.4) is 0 Å². The largest absolute Gasteiger partial charge is 0.323 e. The third-order valence-electron chi connectivity index (χ3n) is 3.48. The average molecular weight is 214 g/mol. The Morgan fingerprint density at radius 1 is 1.38 bits per heavy atom. The van der Waals surface area contributed by atoms with Gasteiger partial charge in [0.2, 0.25) is 0 Å². The fourth-order valence-corrected chi connectivity index (χ4v) is 2.13. The van der Waals surface area contributed by atoms with Crippen LogP contribution < -0.4 is 5.73 Å². The molecule has 0 aromatic heterocycles. The Bertz CT molecular complexity index is 396. The smallest absolute Gasteiger partial charge is 0.0767 e. The number of rotatable bonds is 4. The van der Waals surface area contributed by atoms with E-state index in [1.165, 1.54) is 5.56 Å². The molecule has 2 N–H and O–H groups in total. The highest BCUT2D eigenvalue weighted by Gasteiger charge is 2.49. The molecule has 2 nitrogen and oxygen atoms in total. The van der Waals surface area contributed by atoms with Gasteiger partial charge in [0.1, 0.15) is 0 Å². The second kappa shape index (κ2) is 4.27. The summed E-state index contributed by atoms with van der Waals surface area (Å²) < 4.78 is 0. The molecular weight excluding hydrogens is 196 g/mol. The number of hydrogen-bond acceptors (Lipinski definition) is 2. The molecule has 0 saturated heterocycles. The van der Waals surface area contributed by atoms with Crippen molar-refractivity contribution in [2.24, 2.45) is 11.1 Å². The van der Waals surface area contributed by atoms with Crippen LogP contribution in [0, 0.1) is 16.7 Å². The zero-order chi connectivity index (χ0) is 11.6. The lowest BCUT2D eigenvalue weighted by Gasteiger charge is -2.17. The second-order valence-corrected chi connectivity index (χ2v) is 4.74. The first-order valence-electron chi connectivity index (χ1n) is 5.97. The Balaban J connectivity index is 2.13. The summed E-state index contributed by atoms with van der Waals surface area (Å²) in [5, 5.41) is 9.10. The summed E-state index contributed by atoms with van der Waals surface area (Å²) >= 11 is 0. The van der Waals surface area contributed by atoms with E-state index in [9.17, 15) is 0 Å². The van der Waals surface area contributed by atoms with Gasteiger partial charge in [0.15, 0.2) is 0 Å². The molecule has 0 bridgehead atoms. The van der Waals surface area contributed by atoms with Crippen molar-refractivity contribution >= 4 is 0 Å². The summed E-state index contributed by atoms with van der Waals surface area (Å²) in [6.07, 6.45) is 4.16. The van der Waals surface area contributed by atoms with E-state index in [4.69, 9.17) is 11.0 Å². The van der Waals surface area contributed by atoms with Crippen molar-refractivity contribution in [3.63, 3.8) is 0 Å². The maximum Gasteiger partial charge on any atom is 0.0767 e. The number of nitrogens with two attached hydrogens (primary N) is 1. The van der Waals surface area contributed by atoms with Gasteiger partial charge in [0, 0.05) is 6.04 Å². The molecule has 1 aromatic carbocycles. The van der Waals surface area contributed by atoms with E-state index in [-0.39, 0.29) is 11.5 Å². The molecule has 1 aromatic rings. The Kier molecular flexibility index (Phi) is 2.98. The Morgan fingerprint density at radius 2 is 2.00 bits per heavy atom. The van der Waals surface area contributed by atoms with E-state index in [2.05, 4.69) is 37.3 Å². The van der Waals surface area contributed by atoms with Gasteiger partial charge in [-0.3, -0.25) is 0 Å². The van der Waals surface area contributed by atoms with Gasteiger partial charge in [-0.05, 0) is 30.4 Å². The monoisotopic (exact) mass is 214 g/mol. The van der Waals surface area contributed by atoms with Crippen molar-refractivity contribution in [2.45, 2.75) is 38.6 Å². The van der Waals surface area contributed by atoms with Gasteiger partial charge >= 0.3 is 0 Å². The molecule has 0 aliphatic heterocycles. The third kappa shape index (κ3) is 1.96. The zero-order valence-corrected chi connectivity index (χ0v) is 9.74. The van der Waals surface area contributed by atoms with Crippen molar-refractivity contribution < 1.29 is 0 Å². The lowest BCUT2D eigenvalue weighted by Crippen LogP contribution is -2.21. The van der Waals surface area contributed by atoms with E-state index in [0.29, 0.717) is 0 Å². The molecule has 2 heteroatoms. The van der Waals surface area contributed by atoms with Gasteiger partial charge in [-0.25, -0.2) is 0 Å². The minimum Gasteiger partial charge on any atom is -0.323 e. The van der Waals surface area contributed by atoms with Crippen molar-refractivity contribution in [1.29, 1.82) is 5.26 Å². The second-order valence-electron chi connectivity index (χ2n) is 4.74. The lowest BCUT2D eigenvalue weighted by molar-refractivity contribution is 0.519. The molecule has 0 radical (unpaired) electrons. The molecule has 16 heavy (non-hydrogen) atoms. The van der Waals surface area contributed by atoms with Crippen LogP contribution in [0.15, 0.2) is 24.3 Å². The molecule has 1 unspecified atom stereocenters. The maximum absolute atomic E-state index is 9.10. The van der Waals surface area contributed by atoms with Crippen LogP contribution in [0.5, 0.6) is 0 Å². The number of benzene rings is 1. The van der Waals surface area contributed by atoms with Crippen LogP contribution in [-0.2, 0) is 6.42 Å². The molecular formula is C14H18N2. The van der Waals surface area contributed by atoms with Crippen LogP contribution >= 0.6 is 0 Å². The van der Waals surface area contributed by atoms with Gasteiger partial charge in [-0.2, -0.15) is 5.26 Å². The Labute approximate surface area is 97.1 Å².